The van der Waals surface area contributed by atoms with E-state index in [1.807, 2.05) is 90.5 Å². The van der Waals surface area contributed by atoms with Gasteiger partial charge in [0.15, 0.2) is 0 Å². The molecule has 0 aliphatic rings. The Hall–Kier alpha value is -3.79. The Kier molecular flexibility index (Phi) is 17.1. The summed E-state index contributed by atoms with van der Waals surface area (Å²) in [6.07, 6.45) is 14.9. The van der Waals surface area contributed by atoms with E-state index in [0.29, 0.717) is 13.0 Å². The second kappa shape index (κ2) is 21.1. The third-order valence-corrected chi connectivity index (χ3v) is 5.10. The third kappa shape index (κ3) is 13.3. The number of hydrogen-bond acceptors (Lipinski definition) is 7. The second-order valence-electron chi connectivity index (χ2n) is 7.92. The van der Waals surface area contributed by atoms with Crippen molar-refractivity contribution in [3.05, 3.63) is 116 Å². The number of ether oxygens (including phenoxy) is 1. The molecule has 0 unspecified atom stereocenters. The van der Waals surface area contributed by atoms with Gasteiger partial charge in [-0.2, -0.15) is 0 Å². The molecule has 0 aliphatic heterocycles. The first-order valence-electron chi connectivity index (χ1n) is 12.7. The number of rotatable bonds is 8. The fraction of sp³-hybridized carbons (Fsp3) is 0.200. The molecule has 0 amide bonds. The Balaban J connectivity index is 0.000000204. The molecule has 0 radical (unpaired) electrons. The topological polar surface area (TPSA) is 95.7 Å². The van der Waals surface area contributed by atoms with Gasteiger partial charge in [-0.05, 0) is 68.3 Å². The molecule has 0 aliphatic carbocycles. The van der Waals surface area contributed by atoms with E-state index in [-0.39, 0.29) is 5.97 Å². The fourth-order valence-electron chi connectivity index (χ4n) is 3.27. The summed E-state index contributed by atoms with van der Waals surface area (Å²) in [7, 11) is 4.67. The summed E-state index contributed by atoms with van der Waals surface area (Å²) in [5, 5.41) is 0. The number of imidazole rings is 1. The monoisotopic (exact) mass is 735 g/mol. The summed E-state index contributed by atoms with van der Waals surface area (Å²) in [6, 6.07) is 23.2. The van der Waals surface area contributed by atoms with Gasteiger partial charge in [0.2, 0.25) is 0 Å². The van der Waals surface area contributed by atoms with E-state index >= 15 is 0 Å². The second-order valence-corrected chi connectivity index (χ2v) is 7.92. The van der Waals surface area contributed by atoms with E-state index in [4.69, 9.17) is 4.74 Å². The molecule has 0 N–H and O–H groups in total. The third-order valence-electron chi connectivity index (χ3n) is 5.10. The molecule has 40 heavy (non-hydrogen) atoms. The summed E-state index contributed by atoms with van der Waals surface area (Å²) < 4.78 is 6.83. The summed E-state index contributed by atoms with van der Waals surface area (Å²) in [5.74, 6) is -0.0990. The number of nitrogens with zero attached hydrogens (tertiary/aromatic N) is 6. The van der Waals surface area contributed by atoms with Crippen molar-refractivity contribution in [2.24, 2.45) is 0 Å². The van der Waals surface area contributed by atoms with Crippen molar-refractivity contribution in [2.45, 2.75) is 32.7 Å². The van der Waals surface area contributed by atoms with Crippen LogP contribution in [0.25, 0.3) is 22.8 Å². The van der Waals surface area contributed by atoms with E-state index in [9.17, 15) is 4.79 Å². The van der Waals surface area contributed by atoms with E-state index in [2.05, 4.69) is 34.6 Å². The molecule has 8 nitrogen and oxygen atoms in total. The van der Waals surface area contributed by atoms with Gasteiger partial charge < -0.3 is 9.30 Å². The summed E-state index contributed by atoms with van der Waals surface area (Å²) >= 11 is 1.33. The Morgan fingerprint density at radius 1 is 0.725 bits per heavy atom. The molecule has 0 saturated heterocycles. The molecule has 5 rings (SSSR count). The first-order chi connectivity index (χ1) is 19.8. The zero-order valence-corrected chi connectivity index (χ0v) is 25.5. The van der Waals surface area contributed by atoms with Gasteiger partial charge in [-0.25, -0.2) is 4.98 Å². The minimum atomic E-state index is -0.0990. The molecule has 0 spiro atoms. The van der Waals surface area contributed by atoms with Crippen LogP contribution in [0.4, 0.5) is 0 Å². The van der Waals surface area contributed by atoms with Gasteiger partial charge in [0.25, 0.3) is 0 Å². The van der Waals surface area contributed by atoms with Crippen molar-refractivity contribution >= 4 is 15.6 Å². The SMILES string of the molecule is CCOC(=O)CCCCn1ccnc1.[Cl][Os].c1ccc(-c2ccccn2)nc1.c1ccc(-c2ccccn2)nc1. The number of halogens is 1. The molecule has 0 fully saturated rings. The van der Waals surface area contributed by atoms with Crippen molar-refractivity contribution in [3.8, 4) is 22.8 Å². The number of carbonyl (C=O) groups excluding carboxylic acids is 1. The molecule has 0 bridgehead atoms. The normalized spacial score (nSPS) is 9.47. The van der Waals surface area contributed by atoms with Crippen LogP contribution in [0.3, 0.4) is 0 Å². The van der Waals surface area contributed by atoms with Crippen LogP contribution < -0.4 is 0 Å². The van der Waals surface area contributed by atoms with Gasteiger partial charge in [0.1, 0.15) is 0 Å². The average Bonchev–Trinajstić information content (AvgIpc) is 3.57. The number of unbranched alkanes of at least 4 members (excludes halogenated alkanes) is 1. The molecule has 209 valence electrons. The molecular formula is C30H32ClN6O2Os. The summed E-state index contributed by atoms with van der Waals surface area (Å²) in [5.41, 5.74) is 3.66. The van der Waals surface area contributed by atoms with Crippen LogP contribution in [0.2, 0.25) is 0 Å². The zero-order valence-electron chi connectivity index (χ0n) is 22.2. The number of carbonyl (C=O) groups is 1. The predicted molar refractivity (Wildman–Crippen MR) is 153 cm³/mol. The molecule has 0 atom stereocenters. The molecule has 5 aromatic heterocycles. The maximum absolute atomic E-state index is 11.0. The Labute approximate surface area is 249 Å². The van der Waals surface area contributed by atoms with E-state index in [1.54, 1.807) is 37.3 Å². The Morgan fingerprint density at radius 2 is 1.18 bits per heavy atom. The van der Waals surface area contributed by atoms with Crippen LogP contribution in [0.5, 0.6) is 0 Å². The minimum absolute atomic E-state index is 0.0990. The van der Waals surface area contributed by atoms with Gasteiger partial charge in [0.05, 0.1) is 35.7 Å². The number of aromatic nitrogens is 6. The number of esters is 1. The van der Waals surface area contributed by atoms with Crippen LogP contribution in [0, 0.1) is 0 Å². The van der Waals surface area contributed by atoms with Crippen LogP contribution in [0.15, 0.2) is 116 Å². The smallest absolute Gasteiger partial charge is 0.0886 e. The largest absolute Gasteiger partial charge is 0.255 e. The van der Waals surface area contributed by atoms with Crippen molar-refractivity contribution in [1.29, 1.82) is 0 Å². The molecule has 0 saturated carbocycles. The quantitative estimate of drug-likeness (QED) is 0.131. The summed E-state index contributed by atoms with van der Waals surface area (Å²) in [6.45, 7) is 3.21. The van der Waals surface area contributed by atoms with Gasteiger partial charge in [-0.3, -0.25) is 24.7 Å². The minimum Gasteiger partial charge on any atom is -0.255 e. The van der Waals surface area contributed by atoms with Gasteiger partial charge in [-0.1, -0.05) is 24.3 Å². The number of hydrogen-bond donors (Lipinski definition) is 0. The van der Waals surface area contributed by atoms with E-state index < -0.39 is 0 Å². The molecule has 0 aromatic carbocycles. The number of aryl methyl sites for hydroxylation is 1. The predicted octanol–water partition coefficient (Wildman–Crippen LogP) is 6.59. The van der Waals surface area contributed by atoms with E-state index in [0.717, 1.165) is 42.2 Å². The Bertz CT molecular complexity index is 1130. The Morgan fingerprint density at radius 3 is 1.50 bits per heavy atom. The van der Waals surface area contributed by atoms with Crippen molar-refractivity contribution in [2.75, 3.05) is 6.61 Å². The van der Waals surface area contributed by atoms with Gasteiger partial charge in [-0.15, -0.1) is 0 Å². The van der Waals surface area contributed by atoms with Crippen molar-refractivity contribution in [3.63, 3.8) is 0 Å². The molecule has 10 heteroatoms. The van der Waals surface area contributed by atoms with Crippen molar-refractivity contribution in [1.82, 2.24) is 29.5 Å². The maximum Gasteiger partial charge on any atom is 0.0886 e. The van der Waals surface area contributed by atoms with Crippen LogP contribution in [-0.4, -0.2) is 42.1 Å². The van der Waals surface area contributed by atoms with E-state index in [1.165, 1.54) is 17.6 Å². The fourth-order valence-corrected chi connectivity index (χ4v) is 3.27. The van der Waals surface area contributed by atoms with Gasteiger partial charge in [0, 0.05) is 50.1 Å². The number of pyridine rings is 4. The molecule has 5 heterocycles. The van der Waals surface area contributed by atoms with Crippen LogP contribution in [-0.2, 0) is 33.7 Å². The molecular weight excluding hydrogens is 702 g/mol. The van der Waals surface area contributed by atoms with Gasteiger partial charge >= 0.3 is 33.2 Å². The van der Waals surface area contributed by atoms with Crippen LogP contribution >= 0.6 is 9.64 Å². The first kappa shape index (κ1) is 32.4. The maximum atomic E-state index is 11.0. The zero-order chi connectivity index (χ0) is 28.7. The van der Waals surface area contributed by atoms with Crippen LogP contribution in [0.1, 0.15) is 26.2 Å². The standard InChI is InChI=1S/C10H16N2O2.2C10H8N2.ClH.Os/c1-2-14-10(13)5-3-4-7-12-8-6-11-9-12;2*1-3-7-11-9(5-1)10-6-2-4-8-12-10;;/h6,8-9H,2-5,7H2,1H3;2*1-8H;1H;/q;;;;+1/p-1. The molecule has 5 aromatic rings. The first-order valence-corrected chi connectivity index (χ1v) is 15.8. The summed E-state index contributed by atoms with van der Waals surface area (Å²) in [4.78, 5) is 31.6. The average molecular weight is 734 g/mol. The van der Waals surface area contributed by atoms with Crippen molar-refractivity contribution < 1.29 is 27.1 Å².